The van der Waals surface area contributed by atoms with Gasteiger partial charge in [0.25, 0.3) is 16.6 Å². The molecule has 4 aromatic rings. The zero-order chi connectivity index (χ0) is 32.6. The summed E-state index contributed by atoms with van der Waals surface area (Å²) in [5.41, 5.74) is 0. The van der Waals surface area contributed by atoms with E-state index in [1.54, 1.807) is 6.92 Å². The first-order chi connectivity index (χ1) is 21.4. The largest absolute Gasteiger partial charge is 0.407 e. The smallest absolute Gasteiger partial charge is 0.261 e. The molecule has 0 heterocycles. The van der Waals surface area contributed by atoms with E-state index >= 15 is 0 Å². The van der Waals surface area contributed by atoms with Crippen molar-refractivity contribution < 1.29 is 13.6 Å². The van der Waals surface area contributed by atoms with Crippen LogP contribution >= 0.6 is 0 Å². The lowest BCUT2D eigenvalue weighted by Crippen LogP contribution is -2.67. The van der Waals surface area contributed by atoms with Crippen molar-refractivity contribution in [1.82, 2.24) is 0 Å². The number of benzene rings is 4. The molecule has 0 aliphatic rings. The number of hydrogen-bond donors (Lipinski definition) is 0. The third-order valence-corrected chi connectivity index (χ3v) is 19.1. The molecule has 0 spiro atoms. The van der Waals surface area contributed by atoms with E-state index in [2.05, 4.69) is 163 Å². The van der Waals surface area contributed by atoms with Crippen LogP contribution < -0.4 is 20.7 Å². The van der Waals surface area contributed by atoms with Crippen LogP contribution in [0.25, 0.3) is 0 Å². The summed E-state index contributed by atoms with van der Waals surface area (Å²) in [6.45, 7) is 16.8. The van der Waals surface area contributed by atoms with Crippen LogP contribution in [0.1, 0.15) is 67.7 Å². The molecule has 0 amide bonds. The van der Waals surface area contributed by atoms with Crippen LogP contribution in [0.2, 0.25) is 10.1 Å². The molecule has 0 bridgehead atoms. The quantitative estimate of drug-likeness (QED) is 0.134. The lowest BCUT2D eigenvalue weighted by Gasteiger charge is -2.45. The summed E-state index contributed by atoms with van der Waals surface area (Å²) in [6, 6.07) is 43.3. The molecule has 0 radical (unpaired) electrons. The predicted molar refractivity (Wildman–Crippen MR) is 195 cm³/mol. The van der Waals surface area contributed by atoms with Crippen molar-refractivity contribution in [2.45, 2.75) is 77.8 Å². The van der Waals surface area contributed by atoms with E-state index < -0.39 is 16.6 Å². The second kappa shape index (κ2) is 15.0. The molecule has 5 heteroatoms. The van der Waals surface area contributed by atoms with Gasteiger partial charge in [-0.1, -0.05) is 163 Å². The summed E-state index contributed by atoms with van der Waals surface area (Å²) in [4.78, 5) is 12.0. The Balaban J connectivity index is 1.75. The Morgan fingerprint density at radius 3 is 1.09 bits per heavy atom. The van der Waals surface area contributed by atoms with Gasteiger partial charge in [0.2, 0.25) is 0 Å². The van der Waals surface area contributed by atoms with Crippen LogP contribution in [-0.4, -0.2) is 35.6 Å². The number of carbonyl (C=O) groups excluding carboxylic acids is 1. The second-order valence-electron chi connectivity index (χ2n) is 14.4. The molecule has 0 N–H and O–H groups in total. The molecule has 0 aliphatic heterocycles. The third-order valence-electron chi connectivity index (χ3n) is 9.05. The summed E-state index contributed by atoms with van der Waals surface area (Å²) in [5, 5.41) is 4.88. The highest BCUT2D eigenvalue weighted by Gasteiger charge is 2.52. The van der Waals surface area contributed by atoms with Crippen molar-refractivity contribution in [3.8, 4) is 0 Å². The monoisotopic (exact) mass is 636 g/mol. The predicted octanol–water partition coefficient (Wildman–Crippen LogP) is 7.52. The van der Waals surface area contributed by atoms with E-state index in [1.807, 2.05) is 0 Å². The average Bonchev–Trinajstić information content (AvgIpc) is 3.02. The van der Waals surface area contributed by atoms with Crippen molar-refractivity contribution in [1.29, 1.82) is 0 Å². The van der Waals surface area contributed by atoms with Crippen LogP contribution in [0, 0.1) is 5.92 Å². The summed E-state index contributed by atoms with van der Waals surface area (Å²) in [5.74, 6) is 0.363. The summed E-state index contributed by atoms with van der Waals surface area (Å²) in [6.07, 6.45) is 2.28. The first-order valence-corrected chi connectivity index (χ1v) is 20.2. The second-order valence-corrected chi connectivity index (χ2v) is 23.0. The average molecular weight is 637 g/mol. The van der Waals surface area contributed by atoms with Gasteiger partial charge in [-0.15, -0.1) is 0 Å². The van der Waals surface area contributed by atoms with Crippen molar-refractivity contribution >= 4 is 43.2 Å². The van der Waals surface area contributed by atoms with Crippen molar-refractivity contribution in [3.63, 3.8) is 0 Å². The molecule has 0 atom stereocenters. The number of carbonyl (C=O) groups is 1. The third kappa shape index (κ3) is 7.83. The van der Waals surface area contributed by atoms with E-state index in [9.17, 15) is 4.79 Å². The van der Waals surface area contributed by atoms with Crippen LogP contribution in [0.15, 0.2) is 121 Å². The Labute approximate surface area is 274 Å². The van der Waals surface area contributed by atoms with Crippen molar-refractivity contribution in [2.75, 3.05) is 13.2 Å². The van der Waals surface area contributed by atoms with Crippen LogP contribution in [0.4, 0.5) is 0 Å². The highest BCUT2D eigenvalue weighted by molar-refractivity contribution is 7.00. The number of Topliss-reactive ketones (excluding diaryl/α,β-unsaturated/α-hetero) is 1. The van der Waals surface area contributed by atoms with Gasteiger partial charge >= 0.3 is 0 Å². The minimum Gasteiger partial charge on any atom is -0.407 e. The minimum absolute atomic E-state index is 0.113. The van der Waals surface area contributed by atoms with Gasteiger partial charge in [0, 0.05) is 25.6 Å². The first kappa shape index (κ1) is 34.8. The molecule has 0 saturated carbocycles. The van der Waals surface area contributed by atoms with Gasteiger partial charge in [-0.3, -0.25) is 0 Å². The van der Waals surface area contributed by atoms with Crippen LogP contribution in [-0.2, 0) is 13.6 Å². The Morgan fingerprint density at radius 2 is 0.844 bits per heavy atom. The normalized spacial score (nSPS) is 12.8. The Kier molecular flexibility index (Phi) is 11.6. The fourth-order valence-electron chi connectivity index (χ4n) is 6.86. The summed E-state index contributed by atoms with van der Waals surface area (Å²) in [7, 11) is -5.45. The van der Waals surface area contributed by atoms with Gasteiger partial charge in [-0.25, -0.2) is 0 Å². The number of ketones is 1. The van der Waals surface area contributed by atoms with Gasteiger partial charge < -0.3 is 13.6 Å². The van der Waals surface area contributed by atoms with Gasteiger partial charge in [0.15, 0.2) is 0 Å². The maximum atomic E-state index is 12.0. The fraction of sp³-hybridized carbons (Fsp3) is 0.375. The number of rotatable bonds is 14. The van der Waals surface area contributed by atoms with E-state index in [0.717, 1.165) is 12.8 Å². The van der Waals surface area contributed by atoms with Crippen molar-refractivity contribution in [2.24, 2.45) is 5.92 Å². The lowest BCUT2D eigenvalue weighted by atomic mass is 10.0. The molecule has 45 heavy (non-hydrogen) atoms. The zero-order valence-electron chi connectivity index (χ0n) is 28.4. The molecular weight excluding hydrogens is 585 g/mol. The Morgan fingerprint density at radius 1 is 0.556 bits per heavy atom. The maximum absolute atomic E-state index is 12.0. The molecule has 4 rings (SSSR count). The Bertz CT molecular complexity index is 1280. The molecule has 0 saturated heterocycles. The minimum atomic E-state index is -2.72. The van der Waals surface area contributed by atoms with Crippen molar-refractivity contribution in [3.05, 3.63) is 121 Å². The van der Waals surface area contributed by atoms with E-state index in [-0.39, 0.29) is 21.8 Å². The zero-order valence-corrected chi connectivity index (χ0v) is 30.4. The molecular formula is C40H52O3Si2. The highest BCUT2D eigenvalue weighted by atomic mass is 28.4. The maximum Gasteiger partial charge on any atom is 0.261 e. The topological polar surface area (TPSA) is 35.5 Å². The first-order valence-electron chi connectivity index (χ1n) is 16.4. The summed E-state index contributed by atoms with van der Waals surface area (Å²) >= 11 is 0. The molecule has 0 unspecified atom stereocenters. The Hall–Kier alpha value is -3.10. The number of hydrogen-bond acceptors (Lipinski definition) is 3. The highest BCUT2D eigenvalue weighted by Crippen LogP contribution is 2.39. The molecule has 0 aliphatic carbocycles. The molecule has 238 valence electrons. The van der Waals surface area contributed by atoms with Crippen LogP contribution in [0.5, 0.6) is 0 Å². The molecule has 4 aromatic carbocycles. The van der Waals surface area contributed by atoms with Gasteiger partial charge in [0.05, 0.1) is 0 Å². The van der Waals surface area contributed by atoms with E-state index in [0.29, 0.717) is 19.6 Å². The van der Waals surface area contributed by atoms with Gasteiger partial charge in [-0.2, -0.15) is 0 Å². The molecule has 3 nitrogen and oxygen atoms in total. The molecule has 0 fully saturated rings. The lowest BCUT2D eigenvalue weighted by molar-refractivity contribution is -0.117. The van der Waals surface area contributed by atoms with Gasteiger partial charge in [0.1, 0.15) is 5.78 Å². The van der Waals surface area contributed by atoms with Gasteiger partial charge in [-0.05, 0) is 50.6 Å². The molecule has 0 aromatic heterocycles. The van der Waals surface area contributed by atoms with Crippen LogP contribution in [0.3, 0.4) is 0 Å². The van der Waals surface area contributed by atoms with E-state index in [1.165, 1.54) is 20.7 Å². The standard InChI is InChI=1S/C40H52O3Si2/c1-33(41)21-20-22-34(31-42-44(39(2,3)4,35-23-12-8-13-24-35)36-25-14-9-15-26-36)32-43-45(40(5,6)7,37-27-16-10-17-28-37)38-29-18-11-19-30-38/h8-19,23-30,34H,20-22,31-32H2,1-7H3. The summed E-state index contributed by atoms with van der Waals surface area (Å²) < 4.78 is 14.9. The SMILES string of the molecule is CC(=O)CCCC(CO[Si](c1ccccc1)(c1ccccc1)C(C)(C)C)CO[Si](c1ccccc1)(c1ccccc1)C(C)(C)C. The van der Waals surface area contributed by atoms with E-state index in [4.69, 9.17) is 8.85 Å². The fourth-order valence-corrected chi connectivity index (χ4v) is 16.1.